The van der Waals surface area contributed by atoms with Crippen molar-refractivity contribution in [3.63, 3.8) is 0 Å². The maximum atomic E-state index is 4.09. The topological polar surface area (TPSA) is 0 Å². The number of hydrogen-bond donors (Lipinski definition) is 1. The molecule has 0 nitrogen and oxygen atoms in total. The molecule has 0 bridgehead atoms. The minimum absolute atomic E-state index is 0.519. The van der Waals surface area contributed by atoms with Gasteiger partial charge in [0.25, 0.3) is 0 Å². The molecule has 0 heterocycles. The number of hydrogen-bond acceptors (Lipinski definition) is 1. The van der Waals surface area contributed by atoms with Crippen LogP contribution in [0.25, 0.3) is 0 Å². The standard InChI is InChI=1S/C11H24.C6H14S.C2H6/c1-10(2,3)8-7-9-11(4,5)6;1-2-3-4-5-6-7;1-2/h7-9H2,1-6H3;7H,2-6H2,1H3;1-2H3. The first-order valence-electron chi connectivity index (χ1n) is 8.73. The van der Waals surface area contributed by atoms with Crippen LogP contribution >= 0.6 is 12.6 Å². The predicted octanol–water partition coefficient (Wildman–Crippen LogP) is 7.77. The predicted molar refractivity (Wildman–Crippen MR) is 102 cm³/mol. The molecule has 0 aromatic heterocycles. The Morgan fingerprint density at radius 1 is 0.650 bits per heavy atom. The summed E-state index contributed by atoms with van der Waals surface area (Å²) in [6.45, 7) is 20.1. The fraction of sp³-hybridized carbons (Fsp3) is 1.00. The molecule has 0 aromatic carbocycles. The lowest BCUT2D eigenvalue weighted by molar-refractivity contribution is 0.301. The Labute approximate surface area is 136 Å². The molecule has 20 heavy (non-hydrogen) atoms. The van der Waals surface area contributed by atoms with Gasteiger partial charge in [-0.2, -0.15) is 12.6 Å². The minimum atomic E-state index is 0.519. The van der Waals surface area contributed by atoms with E-state index in [0.29, 0.717) is 10.8 Å². The van der Waals surface area contributed by atoms with Crippen molar-refractivity contribution in [2.45, 2.75) is 107 Å². The Kier molecular flexibility index (Phi) is 19.9. The van der Waals surface area contributed by atoms with Gasteiger partial charge in [0.15, 0.2) is 0 Å². The minimum Gasteiger partial charge on any atom is -0.179 e. The van der Waals surface area contributed by atoms with Gasteiger partial charge in [-0.05, 0) is 35.8 Å². The highest BCUT2D eigenvalue weighted by Crippen LogP contribution is 2.27. The van der Waals surface area contributed by atoms with E-state index in [1.807, 2.05) is 13.8 Å². The third-order valence-electron chi connectivity index (χ3n) is 2.87. The van der Waals surface area contributed by atoms with Crippen LogP contribution in [0, 0.1) is 10.8 Å². The molecule has 0 radical (unpaired) electrons. The second kappa shape index (κ2) is 15.7. The van der Waals surface area contributed by atoms with Gasteiger partial charge in [0.1, 0.15) is 0 Å². The summed E-state index contributed by atoms with van der Waals surface area (Å²) >= 11 is 4.09. The Bertz CT molecular complexity index is 142. The van der Waals surface area contributed by atoms with E-state index in [-0.39, 0.29) is 0 Å². The Balaban J connectivity index is -0.000000277. The molecule has 0 amide bonds. The summed E-state index contributed by atoms with van der Waals surface area (Å²) in [4.78, 5) is 0. The molecule has 0 saturated carbocycles. The van der Waals surface area contributed by atoms with Crippen molar-refractivity contribution < 1.29 is 0 Å². The molecule has 0 fully saturated rings. The van der Waals surface area contributed by atoms with E-state index in [1.165, 1.54) is 44.9 Å². The fourth-order valence-electron chi connectivity index (χ4n) is 1.69. The number of thiol groups is 1. The molecule has 0 saturated heterocycles. The first kappa shape index (κ1) is 25.3. The van der Waals surface area contributed by atoms with Crippen molar-refractivity contribution in [2.24, 2.45) is 10.8 Å². The largest absolute Gasteiger partial charge is 0.179 e. The molecule has 0 unspecified atom stereocenters. The molecule has 0 aliphatic carbocycles. The van der Waals surface area contributed by atoms with Gasteiger partial charge in [0.05, 0.1) is 0 Å². The fourth-order valence-corrected chi connectivity index (χ4v) is 1.91. The van der Waals surface area contributed by atoms with Gasteiger partial charge in [-0.1, -0.05) is 88.0 Å². The van der Waals surface area contributed by atoms with Crippen molar-refractivity contribution in [1.82, 2.24) is 0 Å². The Morgan fingerprint density at radius 2 is 1.05 bits per heavy atom. The van der Waals surface area contributed by atoms with Crippen LogP contribution in [0.2, 0.25) is 0 Å². The zero-order valence-electron chi connectivity index (χ0n) is 16.1. The van der Waals surface area contributed by atoms with Crippen LogP contribution in [-0.4, -0.2) is 5.75 Å². The van der Waals surface area contributed by atoms with Crippen LogP contribution < -0.4 is 0 Å². The van der Waals surface area contributed by atoms with Gasteiger partial charge in [0, 0.05) is 0 Å². The third-order valence-corrected chi connectivity index (χ3v) is 3.18. The summed E-state index contributed by atoms with van der Waals surface area (Å²) in [5.41, 5.74) is 1.04. The van der Waals surface area contributed by atoms with Crippen molar-refractivity contribution in [3.8, 4) is 0 Å². The average Bonchev–Trinajstić information content (AvgIpc) is 2.30. The van der Waals surface area contributed by atoms with Crippen LogP contribution in [0.15, 0.2) is 0 Å². The van der Waals surface area contributed by atoms with Crippen LogP contribution in [-0.2, 0) is 0 Å². The van der Waals surface area contributed by atoms with Crippen molar-refractivity contribution in [1.29, 1.82) is 0 Å². The molecular formula is C19H44S. The maximum absolute atomic E-state index is 4.09. The summed E-state index contributed by atoms with van der Waals surface area (Å²) in [5.74, 6) is 1.06. The summed E-state index contributed by atoms with van der Waals surface area (Å²) in [7, 11) is 0. The highest BCUT2D eigenvalue weighted by atomic mass is 32.1. The smallest absolute Gasteiger partial charge is 0.00979 e. The van der Waals surface area contributed by atoms with E-state index in [0.717, 1.165) is 5.75 Å². The lowest BCUT2D eigenvalue weighted by atomic mass is 9.84. The monoisotopic (exact) mass is 304 g/mol. The lowest BCUT2D eigenvalue weighted by Crippen LogP contribution is -2.09. The summed E-state index contributed by atoms with van der Waals surface area (Å²) < 4.78 is 0. The zero-order valence-corrected chi connectivity index (χ0v) is 17.0. The highest BCUT2D eigenvalue weighted by Gasteiger charge is 2.13. The molecular weight excluding hydrogens is 260 g/mol. The van der Waals surface area contributed by atoms with Crippen molar-refractivity contribution >= 4 is 12.6 Å². The van der Waals surface area contributed by atoms with Gasteiger partial charge in [-0.3, -0.25) is 0 Å². The van der Waals surface area contributed by atoms with Crippen molar-refractivity contribution in [3.05, 3.63) is 0 Å². The van der Waals surface area contributed by atoms with Gasteiger partial charge in [-0.15, -0.1) is 0 Å². The molecule has 0 N–H and O–H groups in total. The highest BCUT2D eigenvalue weighted by molar-refractivity contribution is 7.80. The zero-order chi connectivity index (χ0) is 16.7. The van der Waals surface area contributed by atoms with E-state index in [9.17, 15) is 0 Å². The van der Waals surface area contributed by atoms with E-state index in [4.69, 9.17) is 0 Å². The second-order valence-corrected chi connectivity index (χ2v) is 8.21. The SMILES string of the molecule is CC.CC(C)(C)CCCC(C)(C)C.CCCCCCS. The van der Waals surface area contributed by atoms with E-state index in [1.54, 1.807) is 0 Å². The molecule has 0 spiro atoms. The molecule has 0 rings (SSSR count). The van der Waals surface area contributed by atoms with E-state index < -0.39 is 0 Å². The second-order valence-electron chi connectivity index (χ2n) is 7.76. The molecule has 0 aliphatic rings. The molecule has 0 atom stereocenters. The number of rotatable bonds is 6. The number of unbranched alkanes of at least 4 members (excludes halogenated alkanes) is 3. The lowest BCUT2D eigenvalue weighted by Gasteiger charge is -2.22. The molecule has 1 heteroatoms. The molecule has 0 aliphatic heterocycles. The Morgan fingerprint density at radius 3 is 1.30 bits per heavy atom. The first-order valence-corrected chi connectivity index (χ1v) is 9.36. The quantitative estimate of drug-likeness (QED) is 0.376. The summed E-state index contributed by atoms with van der Waals surface area (Å²) in [5, 5.41) is 0. The third kappa shape index (κ3) is 36.2. The van der Waals surface area contributed by atoms with Gasteiger partial charge in [0.2, 0.25) is 0 Å². The van der Waals surface area contributed by atoms with Crippen LogP contribution in [0.5, 0.6) is 0 Å². The van der Waals surface area contributed by atoms with Crippen LogP contribution in [0.3, 0.4) is 0 Å². The van der Waals surface area contributed by atoms with Gasteiger partial charge < -0.3 is 0 Å². The summed E-state index contributed by atoms with van der Waals surface area (Å²) in [6.07, 6.45) is 9.42. The molecule has 126 valence electrons. The van der Waals surface area contributed by atoms with E-state index >= 15 is 0 Å². The first-order chi connectivity index (χ1) is 9.12. The summed E-state index contributed by atoms with van der Waals surface area (Å²) in [6, 6.07) is 0. The molecule has 0 aromatic rings. The van der Waals surface area contributed by atoms with Gasteiger partial charge in [-0.25, -0.2) is 0 Å². The van der Waals surface area contributed by atoms with Gasteiger partial charge >= 0.3 is 0 Å². The van der Waals surface area contributed by atoms with Crippen LogP contribution in [0.4, 0.5) is 0 Å². The maximum Gasteiger partial charge on any atom is -0.00979 e. The van der Waals surface area contributed by atoms with Crippen molar-refractivity contribution in [2.75, 3.05) is 5.75 Å². The Hall–Kier alpha value is 0.350. The average molecular weight is 305 g/mol. The van der Waals surface area contributed by atoms with Crippen LogP contribution in [0.1, 0.15) is 107 Å². The van der Waals surface area contributed by atoms with E-state index in [2.05, 4.69) is 61.1 Å². The normalized spacial score (nSPS) is 11.1.